The molecule has 2 rings (SSSR count). The Morgan fingerprint density at radius 1 is 1.65 bits per heavy atom. The molecule has 1 aromatic heterocycles. The first-order chi connectivity index (χ1) is 8.09. The van der Waals surface area contributed by atoms with Crippen LogP contribution in [0.15, 0.2) is 15.2 Å². The van der Waals surface area contributed by atoms with E-state index in [1.165, 1.54) is 6.42 Å². The van der Waals surface area contributed by atoms with Crippen molar-refractivity contribution in [1.82, 2.24) is 4.90 Å². The summed E-state index contributed by atoms with van der Waals surface area (Å²) in [5, 5.41) is 1.90. The highest BCUT2D eigenvalue weighted by Gasteiger charge is 2.30. The number of hydrogen-bond acceptors (Lipinski definition) is 3. The standard InChI is InChI=1S/C12H17BrN2OS/c1-8(14)10-4-2-3-5-15(10)12(16)9-6-11(13)17-7-9/h6-8,10H,2-5,14H2,1H3/t8-,10+/m1/s1. The molecule has 0 aliphatic carbocycles. The van der Waals surface area contributed by atoms with Crippen molar-refractivity contribution in [3.8, 4) is 0 Å². The zero-order chi connectivity index (χ0) is 12.4. The fourth-order valence-corrected chi connectivity index (χ4v) is 3.47. The molecular weight excluding hydrogens is 300 g/mol. The van der Waals surface area contributed by atoms with E-state index in [0.29, 0.717) is 0 Å². The lowest BCUT2D eigenvalue weighted by atomic mass is 9.96. The molecule has 1 fully saturated rings. The molecule has 0 spiro atoms. The highest BCUT2D eigenvalue weighted by Crippen LogP contribution is 2.25. The van der Waals surface area contributed by atoms with E-state index in [2.05, 4.69) is 15.9 Å². The number of likely N-dealkylation sites (tertiary alicyclic amines) is 1. The Morgan fingerprint density at radius 3 is 3.00 bits per heavy atom. The van der Waals surface area contributed by atoms with Gasteiger partial charge in [0.1, 0.15) is 0 Å². The summed E-state index contributed by atoms with van der Waals surface area (Å²) in [4.78, 5) is 14.3. The van der Waals surface area contributed by atoms with Crippen LogP contribution >= 0.6 is 27.3 Å². The molecule has 5 heteroatoms. The zero-order valence-corrected chi connectivity index (χ0v) is 12.3. The number of thiophene rings is 1. The van der Waals surface area contributed by atoms with Crippen LogP contribution in [0, 0.1) is 0 Å². The van der Waals surface area contributed by atoms with Crippen molar-refractivity contribution in [3.05, 3.63) is 20.8 Å². The van der Waals surface area contributed by atoms with E-state index in [4.69, 9.17) is 5.73 Å². The van der Waals surface area contributed by atoms with Gasteiger partial charge in [-0.3, -0.25) is 4.79 Å². The molecule has 0 aromatic carbocycles. The largest absolute Gasteiger partial charge is 0.334 e. The Kier molecular flexibility index (Phi) is 4.22. The lowest BCUT2D eigenvalue weighted by Gasteiger charge is -2.37. The smallest absolute Gasteiger partial charge is 0.255 e. The van der Waals surface area contributed by atoms with Crippen molar-refractivity contribution >= 4 is 33.2 Å². The van der Waals surface area contributed by atoms with E-state index < -0.39 is 0 Å². The zero-order valence-electron chi connectivity index (χ0n) is 9.86. The molecule has 3 nitrogen and oxygen atoms in total. The van der Waals surface area contributed by atoms with Gasteiger partial charge in [0.25, 0.3) is 5.91 Å². The molecule has 17 heavy (non-hydrogen) atoms. The van der Waals surface area contributed by atoms with E-state index in [9.17, 15) is 4.79 Å². The average molecular weight is 317 g/mol. The molecule has 0 bridgehead atoms. The number of carbonyl (C=O) groups is 1. The van der Waals surface area contributed by atoms with Gasteiger partial charge in [0.05, 0.1) is 9.35 Å². The van der Waals surface area contributed by atoms with Crippen LogP contribution in [0.5, 0.6) is 0 Å². The van der Waals surface area contributed by atoms with Gasteiger partial charge in [-0.1, -0.05) is 0 Å². The molecule has 1 amide bonds. The van der Waals surface area contributed by atoms with Crippen LogP contribution in [0.1, 0.15) is 36.5 Å². The van der Waals surface area contributed by atoms with Crippen LogP contribution < -0.4 is 5.73 Å². The maximum absolute atomic E-state index is 12.4. The van der Waals surface area contributed by atoms with Crippen molar-refractivity contribution in [2.75, 3.05) is 6.54 Å². The van der Waals surface area contributed by atoms with E-state index in [1.54, 1.807) is 11.3 Å². The normalized spacial score (nSPS) is 22.5. The summed E-state index contributed by atoms with van der Waals surface area (Å²) in [7, 11) is 0. The second-order valence-electron chi connectivity index (χ2n) is 4.56. The summed E-state index contributed by atoms with van der Waals surface area (Å²) in [6.45, 7) is 2.82. The molecular formula is C12H17BrN2OS. The van der Waals surface area contributed by atoms with Crippen LogP contribution in [0.25, 0.3) is 0 Å². The molecule has 94 valence electrons. The van der Waals surface area contributed by atoms with E-state index in [0.717, 1.165) is 28.7 Å². The van der Waals surface area contributed by atoms with Crippen molar-refractivity contribution in [1.29, 1.82) is 0 Å². The third kappa shape index (κ3) is 2.89. The Morgan fingerprint density at radius 2 is 2.41 bits per heavy atom. The van der Waals surface area contributed by atoms with Crippen LogP contribution in [0.4, 0.5) is 0 Å². The third-order valence-electron chi connectivity index (χ3n) is 3.23. The molecule has 2 N–H and O–H groups in total. The summed E-state index contributed by atoms with van der Waals surface area (Å²) in [6.07, 6.45) is 3.28. The highest BCUT2D eigenvalue weighted by atomic mass is 79.9. The molecule has 0 radical (unpaired) electrons. The predicted octanol–water partition coefficient (Wildman–Crippen LogP) is 2.85. The van der Waals surface area contributed by atoms with Crippen molar-refractivity contribution in [2.45, 2.75) is 38.3 Å². The molecule has 1 aliphatic heterocycles. The minimum atomic E-state index is 0.0429. The molecule has 0 unspecified atom stereocenters. The summed E-state index contributed by atoms with van der Waals surface area (Å²) >= 11 is 4.94. The Labute approximate surface area is 114 Å². The lowest BCUT2D eigenvalue weighted by Crippen LogP contribution is -2.51. The highest BCUT2D eigenvalue weighted by molar-refractivity contribution is 9.11. The van der Waals surface area contributed by atoms with Gasteiger partial charge in [0, 0.05) is 24.0 Å². The summed E-state index contributed by atoms with van der Waals surface area (Å²) < 4.78 is 0.996. The van der Waals surface area contributed by atoms with E-state index in [-0.39, 0.29) is 18.0 Å². The number of nitrogens with zero attached hydrogens (tertiary/aromatic N) is 1. The maximum atomic E-state index is 12.4. The number of halogens is 1. The Bertz CT molecular complexity index is 405. The number of carbonyl (C=O) groups excluding carboxylic acids is 1. The number of hydrogen-bond donors (Lipinski definition) is 1. The fraction of sp³-hybridized carbons (Fsp3) is 0.583. The van der Waals surface area contributed by atoms with Gasteiger partial charge in [0.15, 0.2) is 0 Å². The molecule has 1 aliphatic rings. The molecule has 0 saturated carbocycles. The minimum absolute atomic E-state index is 0.0429. The number of rotatable bonds is 2. The van der Waals surface area contributed by atoms with Crippen molar-refractivity contribution in [2.24, 2.45) is 5.73 Å². The monoisotopic (exact) mass is 316 g/mol. The average Bonchev–Trinajstić information content (AvgIpc) is 2.75. The summed E-state index contributed by atoms with van der Waals surface area (Å²) in [5.74, 6) is 0.119. The van der Waals surface area contributed by atoms with Gasteiger partial charge in [-0.25, -0.2) is 0 Å². The molecule has 1 aromatic rings. The molecule has 2 heterocycles. The van der Waals surface area contributed by atoms with Crippen LogP contribution in [-0.4, -0.2) is 29.4 Å². The second kappa shape index (κ2) is 5.50. The van der Waals surface area contributed by atoms with Crippen molar-refractivity contribution < 1.29 is 4.79 Å². The van der Waals surface area contributed by atoms with Crippen molar-refractivity contribution in [3.63, 3.8) is 0 Å². The van der Waals surface area contributed by atoms with Gasteiger partial charge in [0.2, 0.25) is 0 Å². The van der Waals surface area contributed by atoms with Crippen LogP contribution in [0.2, 0.25) is 0 Å². The third-order valence-corrected chi connectivity index (χ3v) is 4.74. The number of nitrogens with two attached hydrogens (primary N) is 1. The predicted molar refractivity (Wildman–Crippen MR) is 74.3 cm³/mol. The SMILES string of the molecule is C[C@@H](N)[C@@H]1CCCCN1C(=O)c1csc(Br)c1. The van der Waals surface area contributed by atoms with Crippen LogP contribution in [0.3, 0.4) is 0 Å². The van der Waals surface area contributed by atoms with E-state index >= 15 is 0 Å². The van der Waals surface area contributed by atoms with E-state index in [1.807, 2.05) is 23.3 Å². The topological polar surface area (TPSA) is 46.3 Å². The summed E-state index contributed by atoms with van der Waals surface area (Å²) in [6, 6.07) is 2.12. The first kappa shape index (κ1) is 13.1. The molecule has 2 atom stereocenters. The summed E-state index contributed by atoms with van der Waals surface area (Å²) in [5.41, 5.74) is 6.75. The maximum Gasteiger partial charge on any atom is 0.255 e. The van der Waals surface area contributed by atoms with Gasteiger partial charge in [-0.15, -0.1) is 11.3 Å². The number of piperidine rings is 1. The minimum Gasteiger partial charge on any atom is -0.334 e. The Balaban J connectivity index is 2.16. The lowest BCUT2D eigenvalue weighted by molar-refractivity contribution is 0.0584. The second-order valence-corrected chi connectivity index (χ2v) is 6.85. The fourth-order valence-electron chi connectivity index (χ4n) is 2.34. The van der Waals surface area contributed by atoms with Gasteiger partial charge in [-0.05, 0) is 48.2 Å². The molecule has 1 saturated heterocycles. The van der Waals surface area contributed by atoms with Gasteiger partial charge < -0.3 is 10.6 Å². The number of amides is 1. The Hall–Kier alpha value is -0.390. The van der Waals surface area contributed by atoms with Gasteiger partial charge >= 0.3 is 0 Å². The first-order valence-corrected chi connectivity index (χ1v) is 7.57. The first-order valence-electron chi connectivity index (χ1n) is 5.90. The van der Waals surface area contributed by atoms with Gasteiger partial charge in [-0.2, -0.15) is 0 Å². The quantitative estimate of drug-likeness (QED) is 0.912. The van der Waals surface area contributed by atoms with Crippen LogP contribution in [-0.2, 0) is 0 Å².